The predicted molar refractivity (Wildman–Crippen MR) is 94.7 cm³/mol. The van der Waals surface area contributed by atoms with Gasteiger partial charge in [-0.1, -0.05) is 41.9 Å². The van der Waals surface area contributed by atoms with Gasteiger partial charge in [0.1, 0.15) is 0 Å². The van der Waals surface area contributed by atoms with Gasteiger partial charge < -0.3 is 4.90 Å². The summed E-state index contributed by atoms with van der Waals surface area (Å²) in [6.07, 6.45) is 3.37. The van der Waals surface area contributed by atoms with Crippen molar-refractivity contribution < 1.29 is 12.6 Å². The first-order valence-corrected chi connectivity index (χ1v) is 9.88. The first-order valence-electron chi connectivity index (χ1n) is 7.68. The number of pyridine rings is 1. The molecule has 2 aromatic rings. The average molecular weight is 367 g/mol. The minimum absolute atomic E-state index is 0.0598. The van der Waals surface area contributed by atoms with Gasteiger partial charge in [0.15, 0.2) is 0 Å². The summed E-state index contributed by atoms with van der Waals surface area (Å²) in [6, 6.07) is 12.0. The van der Waals surface area contributed by atoms with E-state index in [1.54, 1.807) is 6.20 Å². The molecule has 1 aromatic carbocycles. The molecule has 1 aliphatic rings. The van der Waals surface area contributed by atoms with Crippen LogP contribution in [0.2, 0.25) is 5.02 Å². The number of hydrogen-bond acceptors (Lipinski definition) is 5. The van der Waals surface area contributed by atoms with E-state index in [1.165, 1.54) is 5.56 Å². The lowest BCUT2D eigenvalue weighted by Gasteiger charge is -2.35. The molecule has 7 heteroatoms. The van der Waals surface area contributed by atoms with Crippen molar-refractivity contribution in [3.05, 3.63) is 58.9 Å². The summed E-state index contributed by atoms with van der Waals surface area (Å²) in [7, 11) is -3.44. The zero-order valence-electron chi connectivity index (χ0n) is 13.4. The van der Waals surface area contributed by atoms with Gasteiger partial charge in [-0.05, 0) is 18.1 Å². The smallest absolute Gasteiger partial charge is 0.264 e. The Kier molecular flexibility index (Phi) is 5.08. The molecule has 0 radical (unpaired) electrons. The van der Waals surface area contributed by atoms with Crippen LogP contribution in [0.4, 0.5) is 5.69 Å². The number of aromatic nitrogens is 1. The molecule has 1 aliphatic heterocycles. The summed E-state index contributed by atoms with van der Waals surface area (Å²) in [4.78, 5) is 6.61. The maximum atomic E-state index is 11.3. The molecular formula is C17H19ClN2O3S. The number of hydrogen-bond donors (Lipinski definition) is 0. The van der Waals surface area contributed by atoms with E-state index in [9.17, 15) is 8.42 Å². The van der Waals surface area contributed by atoms with Crippen LogP contribution in [0.1, 0.15) is 11.3 Å². The molecule has 2 heterocycles. The van der Waals surface area contributed by atoms with E-state index in [0.717, 1.165) is 17.6 Å². The fraction of sp³-hybridized carbons (Fsp3) is 0.353. The molecule has 0 spiro atoms. The highest BCUT2D eigenvalue weighted by atomic mass is 35.5. The third kappa shape index (κ3) is 4.47. The summed E-state index contributed by atoms with van der Waals surface area (Å²) < 4.78 is 27.5. The number of anilines is 1. The second-order valence-corrected chi connectivity index (χ2v) is 8.12. The quantitative estimate of drug-likeness (QED) is 0.761. The maximum absolute atomic E-state index is 11.3. The van der Waals surface area contributed by atoms with Crippen molar-refractivity contribution in [1.29, 1.82) is 0 Å². The molecule has 128 valence electrons. The third-order valence-electron chi connectivity index (χ3n) is 3.95. The van der Waals surface area contributed by atoms with E-state index in [4.69, 9.17) is 15.8 Å². The molecule has 0 saturated heterocycles. The van der Waals surface area contributed by atoms with Crippen molar-refractivity contribution in [2.45, 2.75) is 13.0 Å². The molecule has 5 nitrogen and oxygen atoms in total. The third-order valence-corrected chi connectivity index (χ3v) is 4.72. The lowest BCUT2D eigenvalue weighted by molar-refractivity contribution is 0.251. The minimum atomic E-state index is -3.44. The fourth-order valence-corrected chi connectivity index (χ4v) is 3.51. The van der Waals surface area contributed by atoms with Gasteiger partial charge in [0.2, 0.25) is 0 Å². The maximum Gasteiger partial charge on any atom is 0.264 e. The highest BCUT2D eigenvalue weighted by Gasteiger charge is 2.27. The molecular weight excluding hydrogens is 348 g/mol. The number of fused-ring (bicyclic) bond motifs is 1. The predicted octanol–water partition coefficient (Wildman–Crippen LogP) is 2.89. The number of halogens is 1. The van der Waals surface area contributed by atoms with Crippen LogP contribution in [0.25, 0.3) is 0 Å². The molecule has 1 aromatic heterocycles. The Bertz CT molecular complexity index is 812. The average Bonchev–Trinajstić information content (AvgIpc) is 2.54. The lowest BCUT2D eigenvalue weighted by atomic mass is 9.96. The minimum Gasteiger partial charge on any atom is -0.365 e. The number of rotatable bonds is 5. The van der Waals surface area contributed by atoms with Crippen molar-refractivity contribution in [2.24, 2.45) is 5.92 Å². The van der Waals surface area contributed by atoms with Gasteiger partial charge in [-0.2, -0.15) is 8.42 Å². The van der Waals surface area contributed by atoms with E-state index in [-0.39, 0.29) is 12.5 Å². The Morgan fingerprint density at radius 3 is 2.79 bits per heavy atom. The van der Waals surface area contributed by atoms with Crippen LogP contribution < -0.4 is 4.90 Å². The van der Waals surface area contributed by atoms with Crippen LogP contribution in [0.5, 0.6) is 0 Å². The van der Waals surface area contributed by atoms with Gasteiger partial charge in [-0.3, -0.25) is 9.17 Å². The largest absolute Gasteiger partial charge is 0.365 e. The molecule has 0 fully saturated rings. The Hall–Kier alpha value is -1.63. The standard InChI is InChI=1S/C17H19ClN2O3S/c1-24(21,22)23-12-14-7-16-17(8-15(18)9-19-16)20(11-14)10-13-5-3-2-4-6-13/h2-6,8-9,14H,7,10-12H2,1H3. The summed E-state index contributed by atoms with van der Waals surface area (Å²) in [5.41, 5.74) is 3.10. The van der Waals surface area contributed by atoms with Crippen LogP contribution in [0.3, 0.4) is 0 Å². The molecule has 0 bridgehead atoms. The molecule has 3 rings (SSSR count). The van der Waals surface area contributed by atoms with Crippen LogP contribution in [-0.4, -0.2) is 32.8 Å². The summed E-state index contributed by atoms with van der Waals surface area (Å²) >= 11 is 6.11. The van der Waals surface area contributed by atoms with E-state index in [2.05, 4.69) is 22.0 Å². The van der Waals surface area contributed by atoms with Gasteiger partial charge in [-0.25, -0.2) is 0 Å². The van der Waals surface area contributed by atoms with Crippen molar-refractivity contribution in [3.63, 3.8) is 0 Å². The van der Waals surface area contributed by atoms with Crippen LogP contribution >= 0.6 is 11.6 Å². The van der Waals surface area contributed by atoms with Gasteiger partial charge in [0.05, 0.1) is 29.3 Å². The molecule has 0 N–H and O–H groups in total. The number of nitrogens with zero attached hydrogens (tertiary/aromatic N) is 2. The Balaban J connectivity index is 1.83. The van der Waals surface area contributed by atoms with E-state index in [1.807, 2.05) is 24.3 Å². The molecule has 1 unspecified atom stereocenters. The van der Waals surface area contributed by atoms with Crippen molar-refractivity contribution in [1.82, 2.24) is 4.98 Å². The van der Waals surface area contributed by atoms with Gasteiger partial charge in [0, 0.05) is 25.2 Å². The van der Waals surface area contributed by atoms with Crippen LogP contribution in [-0.2, 0) is 27.3 Å². The molecule has 0 saturated carbocycles. The summed E-state index contributed by atoms with van der Waals surface area (Å²) in [5, 5.41) is 0.595. The number of benzene rings is 1. The van der Waals surface area contributed by atoms with Crippen molar-refractivity contribution >= 4 is 27.4 Å². The zero-order chi connectivity index (χ0) is 17.2. The summed E-state index contributed by atoms with van der Waals surface area (Å²) in [6.45, 7) is 1.57. The highest BCUT2D eigenvalue weighted by Crippen LogP contribution is 2.31. The van der Waals surface area contributed by atoms with Gasteiger partial charge in [-0.15, -0.1) is 0 Å². The molecule has 1 atom stereocenters. The topological polar surface area (TPSA) is 59.5 Å². The van der Waals surface area contributed by atoms with E-state index >= 15 is 0 Å². The SMILES string of the molecule is CS(=O)(=O)OCC1Cc2ncc(Cl)cc2N(Cc2ccccc2)C1. The lowest BCUT2D eigenvalue weighted by Crippen LogP contribution is -2.37. The van der Waals surface area contributed by atoms with E-state index in [0.29, 0.717) is 24.5 Å². The highest BCUT2D eigenvalue weighted by molar-refractivity contribution is 7.85. The van der Waals surface area contributed by atoms with Crippen molar-refractivity contribution in [2.75, 3.05) is 24.3 Å². The summed E-state index contributed by atoms with van der Waals surface area (Å²) in [5.74, 6) is 0.0598. The van der Waals surface area contributed by atoms with Crippen LogP contribution in [0.15, 0.2) is 42.6 Å². The zero-order valence-corrected chi connectivity index (χ0v) is 14.9. The molecule has 24 heavy (non-hydrogen) atoms. The Morgan fingerprint density at radius 1 is 1.33 bits per heavy atom. The van der Waals surface area contributed by atoms with Crippen molar-refractivity contribution in [3.8, 4) is 0 Å². The normalized spacial score (nSPS) is 17.6. The molecule has 0 amide bonds. The Morgan fingerprint density at radius 2 is 2.08 bits per heavy atom. The second-order valence-electron chi connectivity index (χ2n) is 6.04. The first kappa shape index (κ1) is 17.2. The van der Waals surface area contributed by atoms with Crippen LogP contribution in [0, 0.1) is 5.92 Å². The van der Waals surface area contributed by atoms with Gasteiger partial charge >= 0.3 is 0 Å². The Labute approximate surface area is 147 Å². The second kappa shape index (κ2) is 7.09. The monoisotopic (exact) mass is 366 g/mol. The molecule has 0 aliphatic carbocycles. The van der Waals surface area contributed by atoms with Gasteiger partial charge in [0.25, 0.3) is 10.1 Å². The first-order chi connectivity index (χ1) is 11.4. The van der Waals surface area contributed by atoms with E-state index < -0.39 is 10.1 Å². The fourth-order valence-electron chi connectivity index (χ4n) is 2.92.